The molecule has 2 saturated heterocycles. The maximum Gasteiger partial charge on any atom is 0.253 e. The molecule has 0 aromatic heterocycles. The zero-order valence-corrected chi connectivity index (χ0v) is 19.8. The van der Waals surface area contributed by atoms with Crippen LogP contribution in [0.3, 0.4) is 0 Å². The zero-order chi connectivity index (χ0) is 25.2. The Morgan fingerprint density at radius 1 is 0.944 bits per heavy atom. The first-order valence-electron chi connectivity index (χ1n) is 11.8. The number of carbonyl (C=O) groups excluding carboxylic acids is 3. The monoisotopic (exact) mass is 485 g/mol. The molecule has 2 fully saturated rings. The van der Waals surface area contributed by atoms with E-state index in [2.05, 4.69) is 5.32 Å². The minimum Gasteiger partial charge on any atom is -0.497 e. The normalized spacial score (nSPS) is 26.6. The molecule has 0 aliphatic carbocycles. The molecule has 4 atom stereocenters. The molecule has 36 heavy (non-hydrogen) atoms. The number of nitrogens with zero attached hydrogens (tertiary/aromatic N) is 2. The van der Waals surface area contributed by atoms with Crippen LogP contribution in [0.15, 0.2) is 72.8 Å². The molecule has 0 bridgehead atoms. The largest absolute Gasteiger partial charge is 0.497 e. The minimum atomic E-state index is -1.37. The summed E-state index contributed by atoms with van der Waals surface area (Å²) in [7, 11) is 1.55. The first-order valence-corrected chi connectivity index (χ1v) is 11.8. The second-order valence-corrected chi connectivity index (χ2v) is 9.49. The maximum atomic E-state index is 14.2. The fourth-order valence-electron chi connectivity index (χ4n) is 6.02. The number of halogens is 1. The van der Waals surface area contributed by atoms with E-state index in [0.717, 1.165) is 5.56 Å². The summed E-state index contributed by atoms with van der Waals surface area (Å²) < 4.78 is 18.7. The number of ether oxygens (including phenoxy) is 1. The standard InChI is InChI=1S/C28H24FN3O4/c1-16-23-24(26(34)32(25(23)33)19-11-13-20(36-2)14-12-19)28(30-16)21-5-3-4-6-22(21)31(27(28)35)15-17-7-9-18(29)10-8-17/h3-14,16,23-24,30H,15H2,1-2H3/t16-,23-,24+,28+/m1/s1. The van der Waals surface area contributed by atoms with Crippen molar-refractivity contribution < 1.29 is 23.5 Å². The SMILES string of the molecule is COc1ccc(N2C(=O)[C@H]3[C@@H](C2=O)[C@]2(N[C@@H]3C)C(=O)N(Cc3ccc(F)cc3)c3ccccc32)cc1. The number of methoxy groups -OCH3 is 1. The molecular formula is C28H24FN3O4. The molecule has 1 N–H and O–H groups in total. The summed E-state index contributed by atoms with van der Waals surface area (Å²) in [6.45, 7) is 2.06. The van der Waals surface area contributed by atoms with Crippen molar-refractivity contribution in [3.05, 3.63) is 89.7 Å². The second-order valence-electron chi connectivity index (χ2n) is 9.49. The van der Waals surface area contributed by atoms with Gasteiger partial charge in [-0.15, -0.1) is 0 Å². The van der Waals surface area contributed by atoms with Crippen LogP contribution in [-0.2, 0) is 26.5 Å². The van der Waals surface area contributed by atoms with Crippen molar-refractivity contribution in [2.24, 2.45) is 11.8 Å². The molecule has 3 aliphatic heterocycles. The van der Waals surface area contributed by atoms with Gasteiger partial charge in [-0.25, -0.2) is 9.29 Å². The summed E-state index contributed by atoms with van der Waals surface area (Å²) in [6, 6.07) is 19.7. The third-order valence-electron chi connectivity index (χ3n) is 7.60. The molecule has 3 amide bonds. The highest BCUT2D eigenvalue weighted by Crippen LogP contribution is 2.55. The van der Waals surface area contributed by atoms with Gasteiger partial charge in [0.05, 0.1) is 31.2 Å². The Balaban J connectivity index is 1.43. The van der Waals surface area contributed by atoms with E-state index in [4.69, 9.17) is 4.74 Å². The molecule has 3 aromatic carbocycles. The lowest BCUT2D eigenvalue weighted by molar-refractivity contribution is -0.132. The third-order valence-corrected chi connectivity index (χ3v) is 7.60. The van der Waals surface area contributed by atoms with Gasteiger partial charge >= 0.3 is 0 Å². The molecule has 0 unspecified atom stereocenters. The molecule has 3 aliphatic rings. The average Bonchev–Trinajstić information content (AvgIpc) is 3.44. The lowest BCUT2D eigenvalue weighted by Crippen LogP contribution is -2.54. The number of amides is 3. The summed E-state index contributed by atoms with van der Waals surface area (Å²) in [5.41, 5.74) is 1.19. The Morgan fingerprint density at radius 2 is 1.64 bits per heavy atom. The van der Waals surface area contributed by atoms with Crippen LogP contribution in [0.5, 0.6) is 5.75 Å². The van der Waals surface area contributed by atoms with E-state index in [1.807, 2.05) is 31.2 Å². The number of hydrogen-bond donors (Lipinski definition) is 1. The van der Waals surface area contributed by atoms with Crippen molar-refractivity contribution in [3.63, 3.8) is 0 Å². The Kier molecular flexibility index (Phi) is 4.98. The highest BCUT2D eigenvalue weighted by Gasteiger charge is 2.71. The lowest BCUT2D eigenvalue weighted by Gasteiger charge is -2.30. The summed E-state index contributed by atoms with van der Waals surface area (Å²) in [5.74, 6) is -2.35. The molecule has 0 saturated carbocycles. The van der Waals surface area contributed by atoms with Crippen LogP contribution in [0.4, 0.5) is 15.8 Å². The Bertz CT molecular complexity index is 1390. The summed E-state index contributed by atoms with van der Waals surface area (Å²) in [5, 5.41) is 3.37. The van der Waals surface area contributed by atoms with Crippen molar-refractivity contribution in [2.45, 2.75) is 25.0 Å². The van der Waals surface area contributed by atoms with Crippen molar-refractivity contribution in [3.8, 4) is 5.75 Å². The fourth-order valence-corrected chi connectivity index (χ4v) is 6.02. The van der Waals surface area contributed by atoms with Crippen molar-refractivity contribution in [2.75, 3.05) is 16.9 Å². The summed E-state index contributed by atoms with van der Waals surface area (Å²) in [4.78, 5) is 44.6. The summed E-state index contributed by atoms with van der Waals surface area (Å²) in [6.07, 6.45) is 0. The van der Waals surface area contributed by atoms with Gasteiger partial charge in [0, 0.05) is 17.3 Å². The van der Waals surface area contributed by atoms with E-state index >= 15 is 0 Å². The van der Waals surface area contributed by atoms with E-state index < -0.39 is 29.3 Å². The van der Waals surface area contributed by atoms with Crippen molar-refractivity contribution >= 4 is 29.1 Å². The lowest BCUT2D eigenvalue weighted by atomic mass is 9.76. The van der Waals surface area contributed by atoms with Crippen molar-refractivity contribution in [1.82, 2.24) is 5.32 Å². The van der Waals surface area contributed by atoms with Gasteiger partial charge < -0.3 is 9.64 Å². The van der Waals surface area contributed by atoms with Crippen LogP contribution in [0.2, 0.25) is 0 Å². The van der Waals surface area contributed by atoms with E-state index in [9.17, 15) is 18.8 Å². The van der Waals surface area contributed by atoms with E-state index in [1.54, 1.807) is 48.4 Å². The van der Waals surface area contributed by atoms with Crippen LogP contribution in [0, 0.1) is 17.7 Å². The number of carbonyl (C=O) groups is 3. The number of nitrogens with one attached hydrogen (secondary N) is 1. The number of anilines is 2. The van der Waals surface area contributed by atoms with Crippen LogP contribution in [0.25, 0.3) is 0 Å². The predicted octanol–water partition coefficient (Wildman–Crippen LogP) is 3.37. The fraction of sp³-hybridized carbons (Fsp3) is 0.250. The molecule has 3 aromatic rings. The van der Waals surface area contributed by atoms with Crippen LogP contribution < -0.4 is 19.9 Å². The third kappa shape index (κ3) is 2.97. The highest BCUT2D eigenvalue weighted by molar-refractivity contribution is 6.26. The topological polar surface area (TPSA) is 79.0 Å². The first-order chi connectivity index (χ1) is 17.4. The van der Waals surface area contributed by atoms with Crippen LogP contribution >= 0.6 is 0 Å². The molecular weight excluding hydrogens is 461 g/mol. The molecule has 3 heterocycles. The second kappa shape index (κ2) is 7.99. The quantitative estimate of drug-likeness (QED) is 0.574. The van der Waals surface area contributed by atoms with Crippen LogP contribution in [0.1, 0.15) is 18.1 Å². The van der Waals surface area contributed by atoms with E-state index in [0.29, 0.717) is 22.7 Å². The Labute approximate surface area is 207 Å². The molecule has 6 rings (SSSR count). The smallest absolute Gasteiger partial charge is 0.253 e. The summed E-state index contributed by atoms with van der Waals surface area (Å²) >= 11 is 0. The maximum absolute atomic E-state index is 14.2. The average molecular weight is 486 g/mol. The number of rotatable bonds is 4. The molecule has 0 radical (unpaired) electrons. The number of hydrogen-bond acceptors (Lipinski definition) is 5. The van der Waals surface area contributed by atoms with E-state index in [-0.39, 0.29) is 24.2 Å². The minimum absolute atomic E-state index is 0.218. The Morgan fingerprint density at radius 3 is 2.33 bits per heavy atom. The van der Waals surface area contributed by atoms with Gasteiger partial charge in [-0.3, -0.25) is 19.7 Å². The molecule has 182 valence electrons. The van der Waals surface area contributed by atoms with Crippen molar-refractivity contribution in [1.29, 1.82) is 0 Å². The number of para-hydroxylation sites is 1. The van der Waals surface area contributed by atoms with Gasteiger partial charge in [0.25, 0.3) is 5.91 Å². The zero-order valence-electron chi connectivity index (χ0n) is 19.8. The van der Waals surface area contributed by atoms with Gasteiger partial charge in [-0.1, -0.05) is 30.3 Å². The molecule has 7 nitrogen and oxygen atoms in total. The number of imide groups is 1. The van der Waals surface area contributed by atoms with Gasteiger partial charge in [0.2, 0.25) is 11.8 Å². The van der Waals surface area contributed by atoms with Crippen LogP contribution in [-0.4, -0.2) is 30.9 Å². The van der Waals surface area contributed by atoms with Gasteiger partial charge in [-0.05, 0) is 55.0 Å². The van der Waals surface area contributed by atoms with E-state index in [1.165, 1.54) is 17.0 Å². The number of benzene rings is 3. The highest BCUT2D eigenvalue weighted by atomic mass is 19.1. The van der Waals surface area contributed by atoms with Gasteiger partial charge in [0.1, 0.15) is 17.1 Å². The van der Waals surface area contributed by atoms with Gasteiger partial charge in [0.15, 0.2) is 0 Å². The van der Waals surface area contributed by atoms with Gasteiger partial charge in [-0.2, -0.15) is 0 Å². The number of fused-ring (bicyclic) bond motifs is 4. The molecule has 1 spiro atoms. The Hall–Kier alpha value is -4.04. The first kappa shape index (κ1) is 22.4. The predicted molar refractivity (Wildman–Crippen MR) is 131 cm³/mol. The molecule has 8 heteroatoms.